The average molecular weight is 383 g/mol. The Labute approximate surface area is 161 Å². The van der Waals surface area contributed by atoms with E-state index in [0.717, 1.165) is 6.42 Å². The average Bonchev–Trinajstić information content (AvgIpc) is 3.38. The van der Waals surface area contributed by atoms with Crippen molar-refractivity contribution in [3.63, 3.8) is 0 Å². The van der Waals surface area contributed by atoms with Gasteiger partial charge in [-0.1, -0.05) is 12.1 Å². The van der Waals surface area contributed by atoms with Crippen LogP contribution in [0.1, 0.15) is 32.9 Å². The van der Waals surface area contributed by atoms with Gasteiger partial charge in [0.1, 0.15) is 6.04 Å². The molecule has 1 aliphatic rings. The molecule has 0 bridgehead atoms. The second kappa shape index (κ2) is 8.64. The maximum atomic E-state index is 12.8. The first-order valence-electron chi connectivity index (χ1n) is 8.74. The maximum absolute atomic E-state index is 12.8. The highest BCUT2D eigenvalue weighted by Gasteiger charge is 2.34. The van der Waals surface area contributed by atoms with Crippen LogP contribution in [0.15, 0.2) is 54.4 Å². The number of nitrogens with one attached hydrogen (secondary N) is 2. The summed E-state index contributed by atoms with van der Waals surface area (Å²) < 4.78 is 0. The van der Waals surface area contributed by atoms with Crippen LogP contribution in [0, 0.1) is 0 Å². The molecule has 27 heavy (non-hydrogen) atoms. The Morgan fingerprint density at radius 3 is 2.67 bits per heavy atom. The van der Waals surface area contributed by atoms with Crippen LogP contribution in [0.5, 0.6) is 0 Å². The number of benzene rings is 1. The smallest absolute Gasteiger partial charge is 0.265 e. The van der Waals surface area contributed by atoms with Crippen LogP contribution in [0.25, 0.3) is 0 Å². The van der Waals surface area contributed by atoms with Crippen molar-refractivity contribution in [3.8, 4) is 0 Å². The Bertz CT molecular complexity index is 831. The van der Waals surface area contributed by atoms with E-state index in [0.29, 0.717) is 35.6 Å². The third-order valence-corrected chi connectivity index (χ3v) is 5.24. The van der Waals surface area contributed by atoms with E-state index in [1.165, 1.54) is 11.3 Å². The van der Waals surface area contributed by atoms with Crippen LogP contribution in [0.2, 0.25) is 0 Å². The number of carbonyl (C=O) groups excluding carboxylic acids is 3. The van der Waals surface area contributed by atoms with E-state index in [4.69, 9.17) is 0 Å². The molecule has 3 amide bonds. The molecule has 1 aliphatic heterocycles. The SMILES string of the molecule is C=CCNC(=O)[C@H]1CCCN1C(=O)c1ccc(NC(=O)c2cccs2)cc1. The van der Waals surface area contributed by atoms with Crippen molar-refractivity contribution in [2.75, 3.05) is 18.4 Å². The van der Waals surface area contributed by atoms with Gasteiger partial charge in [0, 0.05) is 24.3 Å². The monoisotopic (exact) mass is 383 g/mol. The summed E-state index contributed by atoms with van der Waals surface area (Å²) in [4.78, 5) is 39.3. The van der Waals surface area contributed by atoms with Crippen molar-refractivity contribution in [2.24, 2.45) is 0 Å². The number of rotatable bonds is 6. The zero-order valence-electron chi connectivity index (χ0n) is 14.8. The van der Waals surface area contributed by atoms with Gasteiger partial charge in [0.25, 0.3) is 11.8 Å². The molecule has 1 fully saturated rings. The number of nitrogens with zero attached hydrogens (tertiary/aromatic N) is 1. The first kappa shape index (κ1) is 18.8. The molecule has 3 rings (SSSR count). The summed E-state index contributed by atoms with van der Waals surface area (Å²) in [6.07, 6.45) is 3.07. The molecule has 0 radical (unpaired) electrons. The molecule has 7 heteroatoms. The summed E-state index contributed by atoms with van der Waals surface area (Å²) in [6, 6.07) is 9.85. The van der Waals surface area contributed by atoms with E-state index >= 15 is 0 Å². The number of hydrogen-bond acceptors (Lipinski definition) is 4. The largest absolute Gasteiger partial charge is 0.351 e. The fraction of sp³-hybridized carbons (Fsp3) is 0.250. The predicted molar refractivity (Wildman–Crippen MR) is 106 cm³/mol. The molecule has 6 nitrogen and oxygen atoms in total. The topological polar surface area (TPSA) is 78.5 Å². The Hall–Kier alpha value is -2.93. The van der Waals surface area contributed by atoms with E-state index < -0.39 is 6.04 Å². The molecular weight excluding hydrogens is 362 g/mol. The van der Waals surface area contributed by atoms with Gasteiger partial charge in [-0.3, -0.25) is 14.4 Å². The third kappa shape index (κ3) is 4.43. The minimum absolute atomic E-state index is 0.152. The number of thiophene rings is 1. The van der Waals surface area contributed by atoms with Gasteiger partial charge < -0.3 is 15.5 Å². The molecule has 2 heterocycles. The first-order chi connectivity index (χ1) is 13.1. The number of anilines is 1. The van der Waals surface area contributed by atoms with Crippen LogP contribution in [0.4, 0.5) is 5.69 Å². The molecule has 1 aromatic heterocycles. The zero-order valence-corrected chi connectivity index (χ0v) is 15.6. The minimum Gasteiger partial charge on any atom is -0.351 e. The van der Waals surface area contributed by atoms with Crippen LogP contribution < -0.4 is 10.6 Å². The lowest BCUT2D eigenvalue weighted by molar-refractivity contribution is -0.124. The molecule has 2 N–H and O–H groups in total. The van der Waals surface area contributed by atoms with E-state index in [2.05, 4.69) is 17.2 Å². The van der Waals surface area contributed by atoms with E-state index in [1.807, 2.05) is 11.4 Å². The van der Waals surface area contributed by atoms with Gasteiger partial charge in [-0.15, -0.1) is 17.9 Å². The summed E-state index contributed by atoms with van der Waals surface area (Å²) in [6.45, 7) is 4.52. The highest BCUT2D eigenvalue weighted by molar-refractivity contribution is 7.12. The molecule has 0 spiro atoms. The fourth-order valence-electron chi connectivity index (χ4n) is 3.04. The highest BCUT2D eigenvalue weighted by Crippen LogP contribution is 2.21. The predicted octanol–water partition coefficient (Wildman–Crippen LogP) is 2.91. The van der Waals surface area contributed by atoms with Crippen molar-refractivity contribution in [1.82, 2.24) is 10.2 Å². The molecule has 2 aromatic rings. The Morgan fingerprint density at radius 2 is 2.00 bits per heavy atom. The molecule has 0 unspecified atom stereocenters. The van der Waals surface area contributed by atoms with Gasteiger partial charge in [0.2, 0.25) is 5.91 Å². The second-order valence-electron chi connectivity index (χ2n) is 6.20. The van der Waals surface area contributed by atoms with Crippen LogP contribution in [-0.4, -0.2) is 41.8 Å². The summed E-state index contributed by atoms with van der Waals surface area (Å²) in [5, 5.41) is 7.40. The van der Waals surface area contributed by atoms with Gasteiger partial charge >= 0.3 is 0 Å². The van der Waals surface area contributed by atoms with Gasteiger partial charge in [0.05, 0.1) is 4.88 Å². The van der Waals surface area contributed by atoms with Crippen molar-refractivity contribution in [2.45, 2.75) is 18.9 Å². The number of hydrogen-bond donors (Lipinski definition) is 2. The summed E-state index contributed by atoms with van der Waals surface area (Å²) in [7, 11) is 0. The molecule has 1 aromatic carbocycles. The number of carbonyl (C=O) groups is 3. The van der Waals surface area contributed by atoms with Crippen molar-refractivity contribution in [3.05, 3.63) is 64.9 Å². The van der Waals surface area contributed by atoms with Gasteiger partial charge in [0.15, 0.2) is 0 Å². The lowest BCUT2D eigenvalue weighted by Crippen LogP contribution is -2.46. The zero-order chi connectivity index (χ0) is 19.2. The lowest BCUT2D eigenvalue weighted by atomic mass is 10.1. The minimum atomic E-state index is -0.448. The fourth-order valence-corrected chi connectivity index (χ4v) is 3.65. The van der Waals surface area contributed by atoms with Crippen molar-refractivity contribution < 1.29 is 14.4 Å². The Morgan fingerprint density at radius 1 is 1.22 bits per heavy atom. The van der Waals surface area contributed by atoms with Crippen molar-refractivity contribution in [1.29, 1.82) is 0 Å². The van der Waals surface area contributed by atoms with Crippen LogP contribution >= 0.6 is 11.3 Å². The van der Waals surface area contributed by atoms with E-state index in [9.17, 15) is 14.4 Å². The van der Waals surface area contributed by atoms with Crippen molar-refractivity contribution >= 4 is 34.7 Å². The molecule has 1 atom stereocenters. The number of amides is 3. The van der Waals surface area contributed by atoms with E-state index in [-0.39, 0.29) is 17.7 Å². The number of likely N-dealkylation sites (tertiary alicyclic amines) is 1. The van der Waals surface area contributed by atoms with E-state index in [1.54, 1.807) is 41.3 Å². The first-order valence-corrected chi connectivity index (χ1v) is 9.62. The van der Waals surface area contributed by atoms with Gasteiger partial charge in [-0.2, -0.15) is 0 Å². The highest BCUT2D eigenvalue weighted by atomic mass is 32.1. The van der Waals surface area contributed by atoms with Gasteiger partial charge in [-0.25, -0.2) is 0 Å². The van der Waals surface area contributed by atoms with Crippen LogP contribution in [0.3, 0.4) is 0 Å². The third-order valence-electron chi connectivity index (χ3n) is 4.37. The summed E-state index contributed by atoms with van der Waals surface area (Å²) in [5.74, 6) is -0.509. The molecule has 0 saturated carbocycles. The quantitative estimate of drug-likeness (QED) is 0.753. The molecule has 0 aliphatic carbocycles. The van der Waals surface area contributed by atoms with Gasteiger partial charge in [-0.05, 0) is 48.6 Å². The Kier molecular flexibility index (Phi) is 6.03. The molecule has 140 valence electrons. The Balaban J connectivity index is 1.65. The standard InChI is InChI=1S/C20H21N3O3S/c1-2-11-21-18(24)16-5-3-12-23(16)20(26)14-7-9-15(10-8-14)22-19(25)17-6-4-13-27-17/h2,4,6-10,13,16H,1,3,5,11-12H2,(H,21,24)(H,22,25)/t16-/m1/s1. The molecule has 1 saturated heterocycles. The molecular formula is C20H21N3O3S. The normalized spacial score (nSPS) is 16.0. The lowest BCUT2D eigenvalue weighted by Gasteiger charge is -2.24. The second-order valence-corrected chi connectivity index (χ2v) is 7.15. The maximum Gasteiger partial charge on any atom is 0.265 e. The summed E-state index contributed by atoms with van der Waals surface area (Å²) >= 11 is 1.37. The van der Waals surface area contributed by atoms with Crippen LogP contribution in [-0.2, 0) is 4.79 Å². The summed E-state index contributed by atoms with van der Waals surface area (Å²) in [5.41, 5.74) is 1.11.